The van der Waals surface area contributed by atoms with Gasteiger partial charge in [-0.25, -0.2) is 0 Å². The van der Waals surface area contributed by atoms with E-state index < -0.39 is 6.35 Å². The lowest BCUT2D eigenvalue weighted by atomic mass is 9.87. The molecule has 0 spiro atoms. The molecule has 0 saturated carbocycles. The molecule has 2 aliphatic rings. The van der Waals surface area contributed by atoms with Gasteiger partial charge >= 0.3 is 0 Å². The molecule has 2 aromatic carbocycles. The fourth-order valence-corrected chi connectivity index (χ4v) is 5.22. The van der Waals surface area contributed by atoms with Crippen LogP contribution in [0.25, 0.3) is 0 Å². The van der Waals surface area contributed by atoms with Gasteiger partial charge in [0.25, 0.3) is 5.91 Å². The van der Waals surface area contributed by atoms with Gasteiger partial charge in [0.2, 0.25) is 0 Å². The minimum atomic E-state index is -0.733. The summed E-state index contributed by atoms with van der Waals surface area (Å²) in [7, 11) is 1.59. The van der Waals surface area contributed by atoms with Crippen LogP contribution in [0, 0.1) is 17.2 Å². The molecular formula is C28H36N4O3. The van der Waals surface area contributed by atoms with E-state index in [0.717, 1.165) is 32.2 Å². The molecule has 0 aromatic heterocycles. The Hall–Kier alpha value is -2.92. The van der Waals surface area contributed by atoms with E-state index in [1.807, 2.05) is 12.1 Å². The zero-order valence-corrected chi connectivity index (χ0v) is 20.7. The fourth-order valence-electron chi connectivity index (χ4n) is 5.22. The number of rotatable bonds is 7. The van der Waals surface area contributed by atoms with Crippen LogP contribution in [0.2, 0.25) is 0 Å². The maximum absolute atomic E-state index is 13.1. The fraction of sp³-hybridized carbons (Fsp3) is 0.500. The molecule has 4 rings (SSSR count). The first-order chi connectivity index (χ1) is 17.0. The van der Waals surface area contributed by atoms with Gasteiger partial charge in [-0.1, -0.05) is 37.3 Å². The van der Waals surface area contributed by atoms with Gasteiger partial charge in [-0.05, 0) is 60.9 Å². The number of hydrogen-bond donors (Lipinski definition) is 2. The van der Waals surface area contributed by atoms with Crippen molar-refractivity contribution in [3.63, 3.8) is 0 Å². The number of nitrogens with one attached hydrogen (secondary N) is 1. The molecule has 2 saturated heterocycles. The summed E-state index contributed by atoms with van der Waals surface area (Å²) in [6.45, 7) is 4.83. The van der Waals surface area contributed by atoms with Crippen molar-refractivity contribution in [1.82, 2.24) is 15.1 Å². The van der Waals surface area contributed by atoms with E-state index in [-0.39, 0.29) is 23.8 Å². The average molecular weight is 477 g/mol. The molecular weight excluding hydrogens is 440 g/mol. The van der Waals surface area contributed by atoms with Gasteiger partial charge in [-0.2, -0.15) is 5.26 Å². The molecule has 35 heavy (non-hydrogen) atoms. The number of amides is 1. The third-order valence-corrected chi connectivity index (χ3v) is 7.37. The summed E-state index contributed by atoms with van der Waals surface area (Å²) in [4.78, 5) is 17.2. The van der Waals surface area contributed by atoms with Crippen molar-refractivity contribution in [3.05, 3.63) is 65.2 Å². The first-order valence-electron chi connectivity index (χ1n) is 12.6. The standard InChI is InChI=1S/C28H36N4O3/c1-3-20-7-9-22(10-8-20)24-15-25(30-27(33)23-5-4-6-26(16-23)35-2)19-32(18-24)28(34)31-13-11-21(17-29)12-14-31/h4-10,16,21,24-25,28,34H,3,11-15,18-19H2,1-2H3,(H,30,33). The molecule has 0 bridgehead atoms. The highest BCUT2D eigenvalue weighted by Crippen LogP contribution is 2.30. The Kier molecular flexibility index (Phi) is 8.40. The normalized spacial score (nSPS) is 22.8. The third-order valence-electron chi connectivity index (χ3n) is 7.37. The van der Waals surface area contributed by atoms with E-state index in [1.54, 1.807) is 19.2 Å². The van der Waals surface area contributed by atoms with E-state index in [1.165, 1.54) is 11.1 Å². The lowest BCUT2D eigenvalue weighted by molar-refractivity contribution is -0.131. The molecule has 1 amide bonds. The van der Waals surface area contributed by atoms with Crippen molar-refractivity contribution in [2.45, 2.75) is 50.9 Å². The van der Waals surface area contributed by atoms with Crippen LogP contribution in [0.1, 0.15) is 53.6 Å². The van der Waals surface area contributed by atoms with Gasteiger partial charge in [-0.15, -0.1) is 0 Å². The number of methoxy groups -OCH3 is 1. The van der Waals surface area contributed by atoms with Crippen molar-refractivity contribution in [2.75, 3.05) is 33.3 Å². The number of aliphatic hydroxyl groups excluding tert-OH is 1. The quantitative estimate of drug-likeness (QED) is 0.637. The molecule has 2 N–H and O–H groups in total. The topological polar surface area (TPSA) is 88.8 Å². The first kappa shape index (κ1) is 25.2. The predicted octanol–water partition coefficient (Wildman–Crippen LogP) is 3.36. The zero-order valence-electron chi connectivity index (χ0n) is 20.7. The van der Waals surface area contributed by atoms with Crippen LogP contribution in [0.3, 0.4) is 0 Å². The largest absolute Gasteiger partial charge is 0.497 e. The lowest BCUT2D eigenvalue weighted by Crippen LogP contribution is -2.58. The first-order valence-corrected chi connectivity index (χ1v) is 12.6. The SMILES string of the molecule is CCc1ccc(C2CC(NC(=O)c3cccc(OC)c3)CN(C(O)N3CCC(C#N)CC3)C2)cc1. The summed E-state index contributed by atoms with van der Waals surface area (Å²) < 4.78 is 5.27. The van der Waals surface area contributed by atoms with Crippen LogP contribution in [0.5, 0.6) is 5.75 Å². The van der Waals surface area contributed by atoms with Crippen molar-refractivity contribution in [3.8, 4) is 11.8 Å². The zero-order chi connectivity index (χ0) is 24.8. The number of carbonyl (C=O) groups excluding carboxylic acids is 1. The van der Waals surface area contributed by atoms with E-state index in [2.05, 4.69) is 52.4 Å². The molecule has 3 atom stereocenters. The van der Waals surface area contributed by atoms with Gasteiger partial charge in [0.05, 0.1) is 13.2 Å². The van der Waals surface area contributed by atoms with Gasteiger partial charge < -0.3 is 15.2 Å². The number of nitriles is 1. The molecule has 2 fully saturated rings. The summed E-state index contributed by atoms with van der Waals surface area (Å²) in [5.74, 6) is 0.768. The molecule has 7 nitrogen and oxygen atoms in total. The van der Waals surface area contributed by atoms with E-state index in [9.17, 15) is 15.2 Å². The lowest BCUT2D eigenvalue weighted by Gasteiger charge is -2.45. The monoisotopic (exact) mass is 476 g/mol. The molecule has 3 unspecified atom stereocenters. The molecule has 2 heterocycles. The number of ether oxygens (including phenoxy) is 1. The number of likely N-dealkylation sites (tertiary alicyclic amines) is 2. The Bertz CT molecular complexity index is 1030. The molecule has 0 aliphatic carbocycles. The van der Waals surface area contributed by atoms with Crippen LogP contribution in [-0.4, -0.2) is 66.5 Å². The molecule has 2 aromatic rings. The highest BCUT2D eigenvalue weighted by molar-refractivity contribution is 5.94. The van der Waals surface area contributed by atoms with Crippen molar-refractivity contribution >= 4 is 5.91 Å². The number of nitrogens with zero attached hydrogens (tertiary/aromatic N) is 3. The number of aryl methyl sites for hydroxylation is 1. The molecule has 2 aliphatic heterocycles. The van der Waals surface area contributed by atoms with Crippen LogP contribution in [0.15, 0.2) is 48.5 Å². The minimum Gasteiger partial charge on any atom is -0.497 e. The second kappa shape index (κ2) is 11.7. The average Bonchev–Trinajstić information content (AvgIpc) is 2.92. The maximum atomic E-state index is 13.1. The van der Waals surface area contributed by atoms with E-state index in [4.69, 9.17) is 4.74 Å². The Morgan fingerprint density at radius 2 is 1.91 bits per heavy atom. The Morgan fingerprint density at radius 3 is 2.57 bits per heavy atom. The minimum absolute atomic E-state index is 0.0690. The van der Waals surface area contributed by atoms with Gasteiger partial charge in [0, 0.05) is 43.7 Å². The van der Waals surface area contributed by atoms with Crippen molar-refractivity contribution in [2.24, 2.45) is 5.92 Å². The molecule has 186 valence electrons. The van der Waals surface area contributed by atoms with Crippen molar-refractivity contribution in [1.29, 1.82) is 5.26 Å². The summed E-state index contributed by atoms with van der Waals surface area (Å²) in [5.41, 5.74) is 3.08. The maximum Gasteiger partial charge on any atom is 0.251 e. The molecule has 7 heteroatoms. The van der Waals surface area contributed by atoms with Crippen LogP contribution in [-0.2, 0) is 6.42 Å². The summed E-state index contributed by atoms with van der Waals surface area (Å²) in [6.07, 6.45) is 2.62. The second-order valence-electron chi connectivity index (χ2n) is 9.67. The van der Waals surface area contributed by atoms with Crippen LogP contribution < -0.4 is 10.1 Å². The van der Waals surface area contributed by atoms with Crippen molar-refractivity contribution < 1.29 is 14.6 Å². The summed E-state index contributed by atoms with van der Waals surface area (Å²) in [5, 5.41) is 23.7. The van der Waals surface area contributed by atoms with Gasteiger partial charge in [-0.3, -0.25) is 14.6 Å². The Labute approximate surface area is 208 Å². The number of piperidine rings is 2. The summed E-state index contributed by atoms with van der Waals surface area (Å²) in [6, 6.07) is 18.1. The van der Waals surface area contributed by atoms with E-state index in [0.29, 0.717) is 30.9 Å². The smallest absolute Gasteiger partial charge is 0.251 e. The number of aliphatic hydroxyl groups is 1. The highest BCUT2D eigenvalue weighted by atomic mass is 16.5. The number of hydrogen-bond acceptors (Lipinski definition) is 6. The van der Waals surface area contributed by atoms with Gasteiger partial charge in [0.1, 0.15) is 5.75 Å². The van der Waals surface area contributed by atoms with Gasteiger partial charge in [0.15, 0.2) is 6.35 Å². The van der Waals surface area contributed by atoms with E-state index >= 15 is 0 Å². The highest BCUT2D eigenvalue weighted by Gasteiger charge is 2.35. The number of carbonyl (C=O) groups is 1. The summed E-state index contributed by atoms with van der Waals surface area (Å²) >= 11 is 0. The Morgan fingerprint density at radius 1 is 1.17 bits per heavy atom. The van der Waals surface area contributed by atoms with Crippen LogP contribution in [0.4, 0.5) is 0 Å². The Balaban J connectivity index is 1.51. The molecule has 0 radical (unpaired) electrons. The number of benzene rings is 2. The third kappa shape index (κ3) is 6.21. The predicted molar refractivity (Wildman–Crippen MR) is 135 cm³/mol. The van der Waals surface area contributed by atoms with Crippen LogP contribution >= 0.6 is 0 Å². The second-order valence-corrected chi connectivity index (χ2v) is 9.67.